The first-order chi connectivity index (χ1) is 7.57. The third kappa shape index (κ3) is 9.09. The molecule has 0 fully saturated rings. The van der Waals surface area contributed by atoms with Gasteiger partial charge in [0.05, 0.1) is 25.9 Å². The predicted octanol–water partition coefficient (Wildman–Crippen LogP) is 0.892. The average Bonchev–Trinajstić information content (AvgIpc) is 2.24. The Labute approximate surface area is 99.3 Å². The van der Waals surface area contributed by atoms with Crippen molar-refractivity contribution in [2.75, 3.05) is 40.0 Å². The second-order valence-electron chi connectivity index (χ2n) is 4.60. The van der Waals surface area contributed by atoms with Gasteiger partial charge in [0.15, 0.2) is 0 Å². The van der Waals surface area contributed by atoms with Gasteiger partial charge in [0.1, 0.15) is 0 Å². The molecule has 0 rings (SSSR count). The zero-order chi connectivity index (χ0) is 12.4. The molecule has 4 heteroatoms. The van der Waals surface area contributed by atoms with Crippen molar-refractivity contribution < 1.29 is 14.6 Å². The van der Waals surface area contributed by atoms with Crippen molar-refractivity contribution in [2.45, 2.75) is 26.9 Å². The normalized spacial score (nSPS) is 15.4. The number of aliphatic hydroxyl groups excluding tert-OH is 1. The number of methoxy groups -OCH3 is 1. The van der Waals surface area contributed by atoms with Crippen LogP contribution < -0.4 is 5.32 Å². The lowest BCUT2D eigenvalue weighted by molar-refractivity contribution is 0.0135. The number of hydrogen-bond donors (Lipinski definition) is 2. The molecular formula is C12H27NO3. The molecule has 0 saturated heterocycles. The van der Waals surface area contributed by atoms with Crippen molar-refractivity contribution in [3.63, 3.8) is 0 Å². The van der Waals surface area contributed by atoms with Gasteiger partial charge in [0.25, 0.3) is 0 Å². The van der Waals surface area contributed by atoms with Crippen molar-refractivity contribution in [2.24, 2.45) is 11.8 Å². The van der Waals surface area contributed by atoms with Gasteiger partial charge >= 0.3 is 0 Å². The summed E-state index contributed by atoms with van der Waals surface area (Å²) in [7, 11) is 1.63. The van der Waals surface area contributed by atoms with Crippen LogP contribution in [-0.2, 0) is 9.47 Å². The first-order valence-corrected chi connectivity index (χ1v) is 6.03. The third-order valence-corrected chi connectivity index (χ3v) is 2.73. The maximum absolute atomic E-state index is 9.57. The Morgan fingerprint density at radius 1 is 1.12 bits per heavy atom. The molecule has 4 nitrogen and oxygen atoms in total. The van der Waals surface area contributed by atoms with Gasteiger partial charge in [0.2, 0.25) is 0 Å². The van der Waals surface area contributed by atoms with Crippen LogP contribution in [0.4, 0.5) is 0 Å². The van der Waals surface area contributed by atoms with Gasteiger partial charge in [-0.3, -0.25) is 0 Å². The fourth-order valence-corrected chi connectivity index (χ4v) is 1.13. The van der Waals surface area contributed by atoms with Crippen LogP contribution in [0.5, 0.6) is 0 Å². The van der Waals surface area contributed by atoms with Crippen LogP contribution >= 0.6 is 0 Å². The largest absolute Gasteiger partial charge is 0.389 e. The maximum atomic E-state index is 9.57. The highest BCUT2D eigenvalue weighted by molar-refractivity contribution is 4.63. The first-order valence-electron chi connectivity index (χ1n) is 6.03. The molecule has 0 heterocycles. The average molecular weight is 233 g/mol. The van der Waals surface area contributed by atoms with Crippen LogP contribution in [0.1, 0.15) is 20.8 Å². The van der Waals surface area contributed by atoms with Gasteiger partial charge < -0.3 is 19.9 Å². The lowest BCUT2D eigenvalue weighted by Gasteiger charge is -2.18. The van der Waals surface area contributed by atoms with E-state index >= 15 is 0 Å². The van der Waals surface area contributed by atoms with E-state index < -0.39 is 6.10 Å². The van der Waals surface area contributed by atoms with Crippen LogP contribution in [-0.4, -0.2) is 51.2 Å². The Kier molecular flexibility index (Phi) is 9.92. The fourth-order valence-electron chi connectivity index (χ4n) is 1.13. The van der Waals surface area contributed by atoms with Crippen molar-refractivity contribution in [1.29, 1.82) is 0 Å². The molecule has 0 aliphatic carbocycles. The first kappa shape index (κ1) is 15.8. The Bertz CT molecular complexity index is 153. The van der Waals surface area contributed by atoms with Crippen LogP contribution in [0.25, 0.3) is 0 Å². The van der Waals surface area contributed by atoms with Gasteiger partial charge in [-0.1, -0.05) is 20.8 Å². The van der Waals surface area contributed by atoms with E-state index in [1.54, 1.807) is 7.11 Å². The molecular weight excluding hydrogens is 206 g/mol. The van der Waals surface area contributed by atoms with E-state index in [0.29, 0.717) is 38.2 Å². The number of aliphatic hydroxyl groups is 1. The van der Waals surface area contributed by atoms with E-state index in [-0.39, 0.29) is 0 Å². The topological polar surface area (TPSA) is 50.7 Å². The van der Waals surface area contributed by atoms with Gasteiger partial charge in [-0.05, 0) is 18.4 Å². The zero-order valence-corrected chi connectivity index (χ0v) is 11.0. The van der Waals surface area contributed by atoms with Gasteiger partial charge in [-0.2, -0.15) is 0 Å². The summed E-state index contributed by atoms with van der Waals surface area (Å²) in [6.45, 7) is 9.62. The highest BCUT2D eigenvalue weighted by Crippen LogP contribution is 2.07. The minimum absolute atomic E-state index is 0.367. The van der Waals surface area contributed by atoms with E-state index in [1.165, 1.54) is 0 Å². The Hall–Kier alpha value is -0.160. The lowest BCUT2D eigenvalue weighted by atomic mass is 9.98. The predicted molar refractivity (Wildman–Crippen MR) is 65.6 cm³/mol. The van der Waals surface area contributed by atoms with E-state index in [0.717, 1.165) is 6.54 Å². The SMILES string of the molecule is COCCOCC(O)CNCC(C)C(C)C. The van der Waals surface area contributed by atoms with Crippen molar-refractivity contribution in [3.05, 3.63) is 0 Å². The number of nitrogens with one attached hydrogen (secondary N) is 1. The van der Waals surface area contributed by atoms with E-state index in [1.807, 2.05) is 0 Å². The smallest absolute Gasteiger partial charge is 0.0897 e. The van der Waals surface area contributed by atoms with Crippen LogP contribution in [0.15, 0.2) is 0 Å². The van der Waals surface area contributed by atoms with Crippen molar-refractivity contribution >= 4 is 0 Å². The number of hydrogen-bond acceptors (Lipinski definition) is 4. The standard InChI is InChI=1S/C12H27NO3/c1-10(2)11(3)7-13-8-12(14)9-16-6-5-15-4/h10-14H,5-9H2,1-4H3. The number of ether oxygens (including phenoxy) is 2. The molecule has 0 saturated carbocycles. The summed E-state index contributed by atoms with van der Waals surface area (Å²) in [6, 6.07) is 0. The van der Waals surface area contributed by atoms with Crippen molar-refractivity contribution in [3.8, 4) is 0 Å². The molecule has 16 heavy (non-hydrogen) atoms. The summed E-state index contributed by atoms with van der Waals surface area (Å²) in [5.74, 6) is 1.30. The molecule has 0 radical (unpaired) electrons. The van der Waals surface area contributed by atoms with Crippen molar-refractivity contribution in [1.82, 2.24) is 5.32 Å². The zero-order valence-electron chi connectivity index (χ0n) is 11.0. The minimum Gasteiger partial charge on any atom is -0.389 e. The Balaban J connectivity index is 3.33. The van der Waals surface area contributed by atoms with E-state index in [4.69, 9.17) is 9.47 Å². The summed E-state index contributed by atoms with van der Waals surface area (Å²) in [5, 5.41) is 12.8. The van der Waals surface area contributed by atoms with E-state index in [2.05, 4.69) is 26.1 Å². The molecule has 0 spiro atoms. The second kappa shape index (κ2) is 10.0. The summed E-state index contributed by atoms with van der Waals surface area (Å²) < 4.78 is 10.1. The number of rotatable bonds is 10. The Morgan fingerprint density at radius 2 is 1.81 bits per heavy atom. The Morgan fingerprint density at radius 3 is 2.38 bits per heavy atom. The molecule has 0 aromatic heterocycles. The highest BCUT2D eigenvalue weighted by atomic mass is 16.5. The fraction of sp³-hybridized carbons (Fsp3) is 1.00. The minimum atomic E-state index is -0.434. The monoisotopic (exact) mass is 233 g/mol. The third-order valence-electron chi connectivity index (χ3n) is 2.73. The molecule has 0 amide bonds. The molecule has 2 unspecified atom stereocenters. The van der Waals surface area contributed by atoms with Crippen LogP contribution in [0, 0.1) is 11.8 Å². The quantitative estimate of drug-likeness (QED) is 0.550. The molecule has 2 N–H and O–H groups in total. The molecule has 0 aromatic rings. The molecule has 0 aliphatic heterocycles. The second-order valence-corrected chi connectivity index (χ2v) is 4.60. The van der Waals surface area contributed by atoms with Gasteiger partial charge in [-0.25, -0.2) is 0 Å². The lowest BCUT2D eigenvalue weighted by Crippen LogP contribution is -2.34. The molecule has 0 aliphatic rings. The molecule has 2 atom stereocenters. The molecule has 98 valence electrons. The highest BCUT2D eigenvalue weighted by Gasteiger charge is 2.08. The van der Waals surface area contributed by atoms with E-state index in [9.17, 15) is 5.11 Å². The van der Waals surface area contributed by atoms with Crippen LogP contribution in [0.3, 0.4) is 0 Å². The van der Waals surface area contributed by atoms with Crippen LogP contribution in [0.2, 0.25) is 0 Å². The van der Waals surface area contributed by atoms with Gasteiger partial charge in [0, 0.05) is 13.7 Å². The molecule has 0 bridgehead atoms. The summed E-state index contributed by atoms with van der Waals surface area (Å²) >= 11 is 0. The summed E-state index contributed by atoms with van der Waals surface area (Å²) in [6.07, 6.45) is -0.434. The molecule has 0 aromatic carbocycles. The maximum Gasteiger partial charge on any atom is 0.0897 e. The van der Waals surface area contributed by atoms with Gasteiger partial charge in [-0.15, -0.1) is 0 Å². The summed E-state index contributed by atoms with van der Waals surface area (Å²) in [4.78, 5) is 0. The summed E-state index contributed by atoms with van der Waals surface area (Å²) in [5.41, 5.74) is 0.